The Kier molecular flexibility index (Phi) is 5.24. The van der Waals surface area contributed by atoms with Crippen molar-refractivity contribution in [1.82, 2.24) is 15.0 Å². The van der Waals surface area contributed by atoms with Crippen LogP contribution < -0.4 is 14.8 Å². The third kappa shape index (κ3) is 4.20. The van der Waals surface area contributed by atoms with Crippen molar-refractivity contribution in [2.45, 2.75) is 36.7 Å². The number of ether oxygens (including phenoxy) is 1. The molecule has 0 radical (unpaired) electrons. The number of sulfonamides is 1. The highest BCUT2D eigenvalue weighted by Gasteiger charge is 2.30. The molecule has 1 aliphatic rings. The first kappa shape index (κ1) is 18.3. The minimum absolute atomic E-state index is 0.0358. The van der Waals surface area contributed by atoms with Gasteiger partial charge in [0.2, 0.25) is 10.0 Å². The van der Waals surface area contributed by atoms with Gasteiger partial charge in [-0.3, -0.25) is 9.78 Å². The van der Waals surface area contributed by atoms with Crippen LogP contribution in [0.3, 0.4) is 0 Å². The van der Waals surface area contributed by atoms with E-state index >= 15 is 0 Å². The molecule has 2 N–H and O–H groups in total. The zero-order valence-corrected chi connectivity index (χ0v) is 15.4. The molecule has 0 bridgehead atoms. The molecule has 7 nitrogen and oxygen atoms in total. The fourth-order valence-corrected chi connectivity index (χ4v) is 4.00. The largest absolute Gasteiger partial charge is 0.495 e. The quantitative estimate of drug-likeness (QED) is 0.772. The van der Waals surface area contributed by atoms with Gasteiger partial charge in [0.1, 0.15) is 10.6 Å². The lowest BCUT2D eigenvalue weighted by Gasteiger charge is -2.15. The van der Waals surface area contributed by atoms with Gasteiger partial charge in [0.05, 0.1) is 18.8 Å². The number of aromatic nitrogens is 1. The van der Waals surface area contributed by atoms with Gasteiger partial charge in [-0.05, 0) is 50.1 Å². The number of carbonyl (C=O) groups is 1. The molecule has 2 aromatic rings. The van der Waals surface area contributed by atoms with Crippen LogP contribution in [0.1, 0.15) is 41.9 Å². The van der Waals surface area contributed by atoms with E-state index in [1.54, 1.807) is 12.3 Å². The van der Waals surface area contributed by atoms with Crippen LogP contribution in [0, 0.1) is 0 Å². The topological polar surface area (TPSA) is 97.4 Å². The molecule has 3 rings (SSSR count). The number of nitrogens with zero attached hydrogens (tertiary/aromatic N) is 1. The van der Waals surface area contributed by atoms with E-state index in [2.05, 4.69) is 15.0 Å². The third-order valence-electron chi connectivity index (χ3n) is 4.09. The van der Waals surface area contributed by atoms with E-state index < -0.39 is 10.0 Å². The Hall–Kier alpha value is -2.45. The molecule has 0 unspecified atom stereocenters. The number of carbonyl (C=O) groups excluding carboxylic acids is 1. The summed E-state index contributed by atoms with van der Waals surface area (Å²) in [6.45, 7) is 1.82. The highest BCUT2D eigenvalue weighted by Crippen LogP contribution is 2.28. The number of rotatable bonds is 7. The first-order chi connectivity index (χ1) is 12.4. The molecule has 0 saturated heterocycles. The second kappa shape index (κ2) is 7.43. The molecular formula is C18H21N3O4S. The van der Waals surface area contributed by atoms with Crippen molar-refractivity contribution in [1.29, 1.82) is 0 Å². The van der Waals surface area contributed by atoms with Gasteiger partial charge in [0.25, 0.3) is 5.91 Å². The lowest BCUT2D eigenvalue weighted by molar-refractivity contribution is 0.0939. The van der Waals surface area contributed by atoms with Crippen molar-refractivity contribution >= 4 is 15.9 Å². The lowest BCUT2D eigenvalue weighted by atomic mass is 10.1. The number of hydrogen-bond acceptors (Lipinski definition) is 5. The Morgan fingerprint density at radius 1 is 1.27 bits per heavy atom. The second-order valence-corrected chi connectivity index (χ2v) is 7.89. The van der Waals surface area contributed by atoms with Gasteiger partial charge >= 0.3 is 0 Å². The molecule has 26 heavy (non-hydrogen) atoms. The second-order valence-electron chi connectivity index (χ2n) is 6.21. The van der Waals surface area contributed by atoms with Crippen molar-refractivity contribution in [2.24, 2.45) is 0 Å². The first-order valence-corrected chi connectivity index (χ1v) is 9.81. The molecule has 1 fully saturated rings. The molecule has 1 aliphatic carbocycles. The molecule has 0 spiro atoms. The minimum atomic E-state index is -3.74. The molecule has 1 aromatic heterocycles. The summed E-state index contributed by atoms with van der Waals surface area (Å²) in [5.74, 6) is -0.179. The summed E-state index contributed by atoms with van der Waals surface area (Å²) in [7, 11) is -2.35. The zero-order chi connectivity index (χ0) is 18.7. The average molecular weight is 375 g/mol. The Bertz CT molecular complexity index is 896. The number of nitrogens with one attached hydrogen (secondary N) is 2. The number of methoxy groups -OCH3 is 1. The predicted molar refractivity (Wildman–Crippen MR) is 96.5 cm³/mol. The molecule has 0 aliphatic heterocycles. The fraction of sp³-hybridized carbons (Fsp3) is 0.333. The highest BCUT2D eigenvalue weighted by atomic mass is 32.2. The van der Waals surface area contributed by atoms with E-state index in [9.17, 15) is 13.2 Å². The molecule has 1 heterocycles. The Morgan fingerprint density at radius 3 is 2.65 bits per heavy atom. The smallest absolute Gasteiger partial charge is 0.251 e. The molecule has 1 atom stereocenters. The number of benzene rings is 1. The Balaban J connectivity index is 1.83. The fourth-order valence-electron chi connectivity index (χ4n) is 2.50. The summed E-state index contributed by atoms with van der Waals surface area (Å²) in [6.07, 6.45) is 3.30. The van der Waals surface area contributed by atoms with Crippen LogP contribution in [-0.4, -0.2) is 32.5 Å². The number of pyridine rings is 1. The van der Waals surface area contributed by atoms with Crippen LogP contribution in [0.15, 0.2) is 47.5 Å². The van der Waals surface area contributed by atoms with Crippen LogP contribution in [0.4, 0.5) is 0 Å². The summed E-state index contributed by atoms with van der Waals surface area (Å²) >= 11 is 0. The Labute approximate surface area is 152 Å². The van der Waals surface area contributed by atoms with Crippen LogP contribution in [0.25, 0.3) is 0 Å². The average Bonchev–Trinajstić information content (AvgIpc) is 3.45. The van der Waals surface area contributed by atoms with Crippen molar-refractivity contribution in [3.63, 3.8) is 0 Å². The normalized spacial score (nSPS) is 15.3. The maximum atomic E-state index is 12.5. The SMILES string of the molecule is COc1ccc(C(=O)N[C@@H](C)c2ccccn2)cc1S(=O)(=O)NC1CC1. The summed E-state index contributed by atoms with van der Waals surface area (Å²) < 4.78 is 32.9. The van der Waals surface area contributed by atoms with Crippen molar-refractivity contribution in [3.8, 4) is 5.75 Å². The molecule has 1 amide bonds. The zero-order valence-electron chi connectivity index (χ0n) is 14.6. The van der Waals surface area contributed by atoms with Gasteiger partial charge in [-0.2, -0.15) is 0 Å². The maximum Gasteiger partial charge on any atom is 0.251 e. The molecule has 8 heteroatoms. The van der Waals surface area contributed by atoms with Crippen LogP contribution in [0.2, 0.25) is 0 Å². The van der Waals surface area contributed by atoms with Crippen molar-refractivity contribution in [2.75, 3.05) is 7.11 Å². The van der Waals surface area contributed by atoms with Gasteiger partial charge in [0.15, 0.2) is 0 Å². The van der Waals surface area contributed by atoms with Gasteiger partial charge in [-0.1, -0.05) is 6.07 Å². The molecular weight excluding hydrogens is 354 g/mol. The minimum Gasteiger partial charge on any atom is -0.495 e. The van der Waals surface area contributed by atoms with Gasteiger partial charge in [0, 0.05) is 17.8 Å². The van der Waals surface area contributed by atoms with E-state index in [4.69, 9.17) is 4.74 Å². The summed E-state index contributed by atoms with van der Waals surface area (Å²) in [5.41, 5.74) is 0.961. The van der Waals surface area contributed by atoms with Crippen LogP contribution >= 0.6 is 0 Å². The molecule has 1 saturated carbocycles. The van der Waals surface area contributed by atoms with Gasteiger partial charge in [-0.25, -0.2) is 13.1 Å². The van der Waals surface area contributed by atoms with Crippen LogP contribution in [-0.2, 0) is 10.0 Å². The maximum absolute atomic E-state index is 12.5. The summed E-state index contributed by atoms with van der Waals surface area (Å²) in [5, 5.41) is 2.82. The standard InChI is InChI=1S/C18H21N3O4S/c1-12(15-5-3-4-10-19-15)20-18(22)13-6-9-16(25-2)17(11-13)26(23,24)21-14-7-8-14/h3-6,9-12,14,21H,7-8H2,1-2H3,(H,20,22)/t12-/m0/s1. The van der Waals surface area contributed by atoms with Gasteiger partial charge in [-0.15, -0.1) is 0 Å². The lowest BCUT2D eigenvalue weighted by Crippen LogP contribution is -2.29. The van der Waals surface area contributed by atoms with E-state index in [-0.39, 0.29) is 34.2 Å². The van der Waals surface area contributed by atoms with E-state index in [1.165, 1.54) is 25.3 Å². The summed E-state index contributed by atoms with van der Waals surface area (Å²) in [6, 6.07) is 9.47. The van der Waals surface area contributed by atoms with Crippen LogP contribution in [0.5, 0.6) is 5.75 Å². The highest BCUT2D eigenvalue weighted by molar-refractivity contribution is 7.89. The van der Waals surface area contributed by atoms with E-state index in [1.807, 2.05) is 19.1 Å². The molecule has 138 valence electrons. The molecule has 1 aromatic carbocycles. The number of amides is 1. The monoisotopic (exact) mass is 375 g/mol. The van der Waals surface area contributed by atoms with E-state index in [0.29, 0.717) is 0 Å². The Morgan fingerprint density at radius 2 is 2.04 bits per heavy atom. The van der Waals surface area contributed by atoms with Gasteiger partial charge < -0.3 is 10.1 Å². The van der Waals surface area contributed by atoms with Crippen molar-refractivity contribution < 1.29 is 17.9 Å². The third-order valence-corrected chi connectivity index (χ3v) is 5.64. The van der Waals surface area contributed by atoms with E-state index in [0.717, 1.165) is 18.5 Å². The van der Waals surface area contributed by atoms with Crippen molar-refractivity contribution in [3.05, 3.63) is 53.9 Å². The number of hydrogen-bond donors (Lipinski definition) is 2. The first-order valence-electron chi connectivity index (χ1n) is 8.33. The summed E-state index contributed by atoms with van der Waals surface area (Å²) in [4.78, 5) is 16.7. The predicted octanol–water partition coefficient (Wildman–Crippen LogP) is 2.02.